The molecule has 0 aliphatic carbocycles. The van der Waals surface area contributed by atoms with Gasteiger partial charge >= 0.3 is 0 Å². The van der Waals surface area contributed by atoms with Crippen LogP contribution < -0.4 is 0 Å². The molecule has 0 saturated carbocycles. The van der Waals surface area contributed by atoms with Gasteiger partial charge in [-0.15, -0.1) is 0 Å². The average molecular weight is 291 g/mol. The number of hydrogen-bond acceptors (Lipinski definition) is 4. The van der Waals surface area contributed by atoms with E-state index in [1.807, 2.05) is 42.2 Å². The number of nitrogens with zero attached hydrogens (tertiary/aromatic N) is 1. The Hall–Kier alpha value is -1.43. The van der Waals surface area contributed by atoms with Crippen LogP contribution in [-0.4, -0.2) is 47.1 Å². The van der Waals surface area contributed by atoms with Gasteiger partial charge in [-0.2, -0.15) is 0 Å². The van der Waals surface area contributed by atoms with E-state index in [-0.39, 0.29) is 30.9 Å². The van der Waals surface area contributed by atoms with E-state index >= 15 is 0 Å². The third kappa shape index (κ3) is 3.10. The highest BCUT2D eigenvalue weighted by Crippen LogP contribution is 2.29. The summed E-state index contributed by atoms with van der Waals surface area (Å²) in [6.07, 6.45) is -0.161. The maximum Gasteiger partial charge on any atom is 0.223 e. The molecule has 4 atom stereocenters. The van der Waals surface area contributed by atoms with Gasteiger partial charge in [-0.25, -0.2) is 0 Å². The first-order valence-electron chi connectivity index (χ1n) is 7.43. The van der Waals surface area contributed by atoms with Crippen molar-refractivity contribution in [1.82, 2.24) is 4.90 Å². The molecule has 2 saturated heterocycles. The van der Waals surface area contributed by atoms with Crippen molar-refractivity contribution in [3.8, 4) is 0 Å². The summed E-state index contributed by atoms with van der Waals surface area (Å²) < 4.78 is 11.0. The Bertz CT molecular complexity index is 492. The highest BCUT2D eigenvalue weighted by atomic mass is 16.7. The van der Waals surface area contributed by atoms with Gasteiger partial charge in [0.1, 0.15) is 12.2 Å². The third-order valence-corrected chi connectivity index (χ3v) is 4.18. The Morgan fingerprint density at radius 1 is 1.33 bits per heavy atom. The van der Waals surface area contributed by atoms with Gasteiger partial charge in [-0.1, -0.05) is 30.3 Å². The Kier molecular flexibility index (Phi) is 4.24. The molecule has 1 aromatic carbocycles. The smallest absolute Gasteiger partial charge is 0.223 e. The van der Waals surface area contributed by atoms with E-state index < -0.39 is 6.10 Å². The van der Waals surface area contributed by atoms with Crippen LogP contribution >= 0.6 is 0 Å². The van der Waals surface area contributed by atoms with Crippen LogP contribution in [-0.2, 0) is 20.8 Å². The van der Waals surface area contributed by atoms with Gasteiger partial charge in [-0.3, -0.25) is 4.79 Å². The van der Waals surface area contributed by atoms with Crippen molar-refractivity contribution in [3.63, 3.8) is 0 Å². The van der Waals surface area contributed by atoms with Gasteiger partial charge in [0.25, 0.3) is 0 Å². The Labute approximate surface area is 124 Å². The summed E-state index contributed by atoms with van der Waals surface area (Å²) in [5, 5.41) is 10.1. The van der Waals surface area contributed by atoms with Gasteiger partial charge in [0.2, 0.25) is 5.91 Å². The first-order valence-corrected chi connectivity index (χ1v) is 7.43. The zero-order valence-corrected chi connectivity index (χ0v) is 12.1. The lowest BCUT2D eigenvalue weighted by atomic mass is 10.0. The molecule has 114 valence electrons. The van der Waals surface area contributed by atoms with Crippen LogP contribution in [0.25, 0.3) is 0 Å². The van der Waals surface area contributed by atoms with Gasteiger partial charge < -0.3 is 19.5 Å². The Morgan fingerprint density at radius 2 is 2.10 bits per heavy atom. The minimum absolute atomic E-state index is 0.0842. The van der Waals surface area contributed by atoms with E-state index in [1.54, 1.807) is 0 Å². The summed E-state index contributed by atoms with van der Waals surface area (Å²) in [5.41, 5.74) is 1.09. The predicted molar refractivity (Wildman–Crippen MR) is 76.3 cm³/mol. The molecule has 0 unspecified atom stereocenters. The molecule has 0 aromatic heterocycles. The summed E-state index contributed by atoms with van der Waals surface area (Å²) in [5.74, 6) is 0.124. The second-order valence-electron chi connectivity index (χ2n) is 5.68. The molecule has 1 aromatic rings. The SMILES string of the molecule is C[C@@H]1OC[C@@H](O)[C@H]([C@@H]2CCC(=O)N2Cc2ccccc2)O1. The molecule has 3 rings (SSSR count). The Balaban J connectivity index is 1.75. The van der Waals surface area contributed by atoms with Crippen LogP contribution in [0.3, 0.4) is 0 Å². The van der Waals surface area contributed by atoms with Gasteiger partial charge in [0, 0.05) is 13.0 Å². The fraction of sp³-hybridized carbons (Fsp3) is 0.562. The highest BCUT2D eigenvalue weighted by molar-refractivity contribution is 5.78. The number of carbonyl (C=O) groups is 1. The molecular formula is C16H21NO4. The van der Waals surface area contributed by atoms with Crippen LogP contribution in [0.5, 0.6) is 0 Å². The van der Waals surface area contributed by atoms with Gasteiger partial charge in [-0.05, 0) is 18.9 Å². The molecule has 0 bridgehead atoms. The molecule has 2 heterocycles. The van der Waals surface area contributed by atoms with Crippen molar-refractivity contribution >= 4 is 5.91 Å². The molecule has 1 N–H and O–H groups in total. The monoisotopic (exact) mass is 291 g/mol. The summed E-state index contributed by atoms with van der Waals surface area (Å²) >= 11 is 0. The van der Waals surface area contributed by atoms with E-state index in [0.717, 1.165) is 12.0 Å². The molecule has 0 spiro atoms. The molecule has 5 heteroatoms. The first-order chi connectivity index (χ1) is 10.1. The number of rotatable bonds is 3. The highest BCUT2D eigenvalue weighted by Gasteiger charge is 2.42. The molecule has 2 fully saturated rings. The largest absolute Gasteiger partial charge is 0.388 e. The quantitative estimate of drug-likeness (QED) is 0.912. The molecule has 21 heavy (non-hydrogen) atoms. The Morgan fingerprint density at radius 3 is 2.86 bits per heavy atom. The van der Waals surface area contributed by atoms with E-state index in [0.29, 0.717) is 13.0 Å². The predicted octanol–water partition coefficient (Wildman–Crippen LogP) is 1.30. The topological polar surface area (TPSA) is 59.0 Å². The number of aliphatic hydroxyl groups excluding tert-OH is 1. The van der Waals surface area contributed by atoms with Crippen LogP contribution in [0.15, 0.2) is 30.3 Å². The zero-order chi connectivity index (χ0) is 14.8. The lowest BCUT2D eigenvalue weighted by Crippen LogP contribution is -2.53. The zero-order valence-electron chi connectivity index (χ0n) is 12.1. The van der Waals surface area contributed by atoms with Crippen LogP contribution in [0.1, 0.15) is 25.3 Å². The van der Waals surface area contributed by atoms with E-state index in [1.165, 1.54) is 0 Å². The number of carbonyl (C=O) groups excluding carboxylic acids is 1. The summed E-state index contributed by atoms with van der Waals surface area (Å²) in [7, 11) is 0. The number of likely N-dealkylation sites (tertiary alicyclic amines) is 1. The molecule has 5 nitrogen and oxygen atoms in total. The maximum absolute atomic E-state index is 12.2. The minimum Gasteiger partial charge on any atom is -0.388 e. The lowest BCUT2D eigenvalue weighted by Gasteiger charge is -2.39. The van der Waals surface area contributed by atoms with Gasteiger partial charge in [0.05, 0.1) is 12.6 Å². The van der Waals surface area contributed by atoms with Crippen molar-refractivity contribution in [1.29, 1.82) is 0 Å². The molecule has 0 radical (unpaired) electrons. The first kappa shape index (κ1) is 14.5. The number of ether oxygens (including phenoxy) is 2. The van der Waals surface area contributed by atoms with Crippen molar-refractivity contribution < 1.29 is 19.4 Å². The fourth-order valence-corrected chi connectivity index (χ4v) is 3.11. The lowest BCUT2D eigenvalue weighted by molar-refractivity contribution is -0.255. The second-order valence-corrected chi connectivity index (χ2v) is 5.68. The molecule has 2 aliphatic heterocycles. The number of benzene rings is 1. The number of amides is 1. The van der Waals surface area contributed by atoms with E-state index in [2.05, 4.69) is 0 Å². The minimum atomic E-state index is -0.685. The van der Waals surface area contributed by atoms with E-state index in [9.17, 15) is 9.90 Å². The maximum atomic E-state index is 12.2. The standard InChI is InChI=1S/C16H21NO4/c1-11-20-10-14(18)16(21-11)13-7-8-15(19)17(13)9-12-5-3-2-4-6-12/h2-6,11,13-14,16,18H,7-10H2,1H3/t11-,13+,14-,16+/m1/s1. The molecule has 2 aliphatic rings. The van der Waals surface area contributed by atoms with Gasteiger partial charge in [0.15, 0.2) is 6.29 Å². The number of hydrogen-bond donors (Lipinski definition) is 1. The van der Waals surface area contributed by atoms with Crippen molar-refractivity contribution in [3.05, 3.63) is 35.9 Å². The van der Waals surface area contributed by atoms with Crippen LogP contribution in [0.2, 0.25) is 0 Å². The normalized spacial score (nSPS) is 33.4. The molecular weight excluding hydrogens is 270 g/mol. The van der Waals surface area contributed by atoms with Crippen molar-refractivity contribution in [2.45, 2.75) is 50.8 Å². The second kappa shape index (κ2) is 6.13. The van der Waals surface area contributed by atoms with Crippen LogP contribution in [0.4, 0.5) is 0 Å². The van der Waals surface area contributed by atoms with Crippen molar-refractivity contribution in [2.24, 2.45) is 0 Å². The third-order valence-electron chi connectivity index (χ3n) is 4.18. The fourth-order valence-electron chi connectivity index (χ4n) is 3.11. The summed E-state index contributed by atoms with van der Waals surface area (Å²) in [4.78, 5) is 14.0. The van der Waals surface area contributed by atoms with E-state index in [4.69, 9.17) is 9.47 Å². The number of aliphatic hydroxyl groups is 1. The summed E-state index contributed by atoms with van der Waals surface area (Å²) in [6.45, 7) is 2.64. The molecule has 1 amide bonds. The van der Waals surface area contributed by atoms with Crippen LogP contribution in [0, 0.1) is 0 Å². The van der Waals surface area contributed by atoms with Crippen molar-refractivity contribution in [2.75, 3.05) is 6.61 Å². The summed E-state index contributed by atoms with van der Waals surface area (Å²) in [6, 6.07) is 9.82. The average Bonchev–Trinajstić information content (AvgIpc) is 2.84.